The van der Waals surface area contributed by atoms with Crippen LogP contribution in [0.4, 0.5) is 0 Å². The number of benzene rings is 2. The number of hydrogen-bond acceptors (Lipinski definition) is 2. The highest BCUT2D eigenvalue weighted by Crippen LogP contribution is 2.20. The largest absolute Gasteiger partial charge is 0.391 e. The predicted octanol–water partition coefficient (Wildman–Crippen LogP) is 5.25. The van der Waals surface area contributed by atoms with Crippen molar-refractivity contribution in [2.45, 2.75) is 20.5 Å². The monoisotopic (exact) mass is 430 g/mol. The fraction of sp³-hybridized carbons (Fsp3) is 0.150. The Balaban J connectivity index is 1.74. The first-order valence-electron chi connectivity index (χ1n) is 7.79. The second-order valence-electron chi connectivity index (χ2n) is 5.63. The first-order valence-corrected chi connectivity index (χ1v) is 8.87. The quantitative estimate of drug-likeness (QED) is 0.309. The summed E-state index contributed by atoms with van der Waals surface area (Å²) in [7, 11) is 0. The van der Waals surface area contributed by atoms with Gasteiger partial charge in [0, 0.05) is 26.2 Å². The van der Waals surface area contributed by atoms with Crippen molar-refractivity contribution in [3.63, 3.8) is 0 Å². The molecule has 0 saturated carbocycles. The van der Waals surface area contributed by atoms with Crippen LogP contribution in [0.5, 0.6) is 0 Å². The highest BCUT2D eigenvalue weighted by Gasteiger charge is 2.09. The predicted molar refractivity (Wildman–Crippen MR) is 107 cm³/mol. The Labute approximate surface area is 156 Å². The number of aromatic nitrogens is 1. The summed E-state index contributed by atoms with van der Waals surface area (Å²) in [6.45, 7) is 4.68. The van der Waals surface area contributed by atoms with Gasteiger partial charge in [-0.2, -0.15) is 0 Å². The van der Waals surface area contributed by atoms with Gasteiger partial charge in [0.15, 0.2) is 0 Å². The van der Waals surface area contributed by atoms with E-state index < -0.39 is 0 Å². The highest BCUT2D eigenvalue weighted by atomic mass is 127. The number of halogens is 1. The maximum Gasteiger partial charge on any atom is 0.142 e. The summed E-state index contributed by atoms with van der Waals surface area (Å²) in [5.41, 5.74) is 5.67. The topological polar surface area (TPSA) is 26.5 Å². The Morgan fingerprint density at radius 2 is 1.75 bits per heavy atom. The van der Waals surface area contributed by atoms with Crippen molar-refractivity contribution < 1.29 is 4.84 Å². The molecule has 1 heterocycles. The molecule has 0 radical (unpaired) electrons. The molecule has 0 amide bonds. The van der Waals surface area contributed by atoms with E-state index in [4.69, 9.17) is 4.84 Å². The van der Waals surface area contributed by atoms with Crippen molar-refractivity contribution in [2.75, 3.05) is 0 Å². The fourth-order valence-corrected chi connectivity index (χ4v) is 3.05. The summed E-state index contributed by atoms with van der Waals surface area (Å²) < 4.78 is 3.46. The standard InChI is InChI=1S/C20H19IN2O/c1-15-12-18(13-22-24-14-17-6-4-3-5-7-17)16(2)23(15)20-10-8-19(21)9-11-20/h3-13H,14H2,1-2H3/b22-13+. The van der Waals surface area contributed by atoms with Crippen molar-refractivity contribution in [3.8, 4) is 5.69 Å². The van der Waals surface area contributed by atoms with Gasteiger partial charge in [-0.3, -0.25) is 0 Å². The lowest BCUT2D eigenvalue weighted by Crippen LogP contribution is -1.99. The van der Waals surface area contributed by atoms with Gasteiger partial charge in [0.05, 0.1) is 6.21 Å². The second-order valence-corrected chi connectivity index (χ2v) is 6.88. The molecule has 4 heteroatoms. The molecule has 3 rings (SSSR count). The van der Waals surface area contributed by atoms with Crippen LogP contribution in [0.25, 0.3) is 5.69 Å². The van der Waals surface area contributed by atoms with E-state index in [1.165, 1.54) is 9.26 Å². The molecule has 122 valence electrons. The first kappa shape index (κ1) is 16.8. The third kappa shape index (κ3) is 3.87. The number of nitrogens with zero attached hydrogens (tertiary/aromatic N) is 2. The Hall–Kier alpha value is -2.08. The number of rotatable bonds is 5. The molecular weight excluding hydrogens is 411 g/mol. The molecule has 0 N–H and O–H groups in total. The molecule has 0 bridgehead atoms. The van der Waals surface area contributed by atoms with Gasteiger partial charge in [-0.05, 0) is 72.3 Å². The zero-order chi connectivity index (χ0) is 16.9. The molecule has 3 aromatic rings. The van der Waals surface area contributed by atoms with Gasteiger partial charge in [0.25, 0.3) is 0 Å². The summed E-state index contributed by atoms with van der Waals surface area (Å²) in [5.74, 6) is 0. The van der Waals surface area contributed by atoms with E-state index in [-0.39, 0.29) is 0 Å². The van der Waals surface area contributed by atoms with E-state index in [2.05, 4.69) is 76.5 Å². The fourth-order valence-electron chi connectivity index (χ4n) is 2.69. The zero-order valence-corrected chi connectivity index (χ0v) is 15.9. The lowest BCUT2D eigenvalue weighted by Gasteiger charge is -2.09. The van der Waals surface area contributed by atoms with Crippen LogP contribution in [-0.2, 0) is 11.4 Å². The van der Waals surface area contributed by atoms with Crippen LogP contribution in [0.2, 0.25) is 0 Å². The lowest BCUT2D eigenvalue weighted by molar-refractivity contribution is 0.132. The minimum absolute atomic E-state index is 0.479. The van der Waals surface area contributed by atoms with Gasteiger partial charge in [-0.25, -0.2) is 0 Å². The maximum absolute atomic E-state index is 5.41. The van der Waals surface area contributed by atoms with E-state index >= 15 is 0 Å². The molecule has 24 heavy (non-hydrogen) atoms. The molecule has 0 spiro atoms. The lowest BCUT2D eigenvalue weighted by atomic mass is 10.2. The second kappa shape index (κ2) is 7.66. The van der Waals surface area contributed by atoms with Gasteiger partial charge >= 0.3 is 0 Å². The van der Waals surface area contributed by atoms with Crippen LogP contribution in [0.1, 0.15) is 22.5 Å². The van der Waals surface area contributed by atoms with Gasteiger partial charge in [0.1, 0.15) is 6.61 Å². The van der Waals surface area contributed by atoms with Gasteiger partial charge < -0.3 is 9.40 Å². The van der Waals surface area contributed by atoms with Crippen molar-refractivity contribution in [3.05, 3.63) is 86.7 Å². The minimum atomic E-state index is 0.479. The van der Waals surface area contributed by atoms with Gasteiger partial charge in [0.2, 0.25) is 0 Å². The summed E-state index contributed by atoms with van der Waals surface area (Å²) in [6.07, 6.45) is 1.79. The minimum Gasteiger partial charge on any atom is -0.391 e. The molecule has 3 nitrogen and oxygen atoms in total. The normalized spacial score (nSPS) is 11.1. The van der Waals surface area contributed by atoms with Crippen molar-refractivity contribution >= 4 is 28.8 Å². The number of oxime groups is 1. The van der Waals surface area contributed by atoms with Crippen LogP contribution < -0.4 is 0 Å². The van der Waals surface area contributed by atoms with Crippen LogP contribution in [0.3, 0.4) is 0 Å². The van der Waals surface area contributed by atoms with E-state index in [1.807, 2.05) is 30.3 Å². The average Bonchev–Trinajstić information content (AvgIpc) is 2.88. The van der Waals surface area contributed by atoms with Crippen LogP contribution in [0.15, 0.2) is 65.8 Å². The van der Waals surface area contributed by atoms with Gasteiger partial charge in [-0.1, -0.05) is 35.5 Å². The van der Waals surface area contributed by atoms with Crippen LogP contribution in [0, 0.1) is 17.4 Å². The van der Waals surface area contributed by atoms with E-state index in [0.29, 0.717) is 6.61 Å². The zero-order valence-electron chi connectivity index (χ0n) is 13.7. The number of hydrogen-bond donors (Lipinski definition) is 0. The summed E-state index contributed by atoms with van der Waals surface area (Å²) in [5, 5.41) is 4.12. The smallest absolute Gasteiger partial charge is 0.142 e. The molecule has 1 aromatic heterocycles. The Morgan fingerprint density at radius 1 is 1.04 bits per heavy atom. The average molecular weight is 430 g/mol. The Morgan fingerprint density at radius 3 is 2.46 bits per heavy atom. The summed E-state index contributed by atoms with van der Waals surface area (Å²) in [4.78, 5) is 5.41. The molecular formula is C20H19IN2O. The molecule has 0 fully saturated rings. The summed E-state index contributed by atoms with van der Waals surface area (Å²) in [6, 6.07) is 20.7. The molecule has 0 aliphatic carbocycles. The SMILES string of the molecule is Cc1cc(/C=N/OCc2ccccc2)c(C)n1-c1ccc(I)cc1. The molecule has 2 aromatic carbocycles. The Bertz CT molecular complexity index is 836. The number of aryl methyl sites for hydroxylation is 1. The van der Waals surface area contributed by atoms with E-state index in [9.17, 15) is 0 Å². The first-order chi connectivity index (χ1) is 11.6. The molecule has 0 saturated heterocycles. The van der Waals surface area contributed by atoms with Gasteiger partial charge in [-0.15, -0.1) is 0 Å². The third-order valence-electron chi connectivity index (χ3n) is 3.90. The molecule has 0 aliphatic rings. The summed E-state index contributed by atoms with van der Waals surface area (Å²) >= 11 is 2.32. The molecule has 0 unspecified atom stereocenters. The maximum atomic E-state index is 5.41. The highest BCUT2D eigenvalue weighted by molar-refractivity contribution is 14.1. The molecule has 0 aliphatic heterocycles. The van der Waals surface area contributed by atoms with E-state index in [1.54, 1.807) is 6.21 Å². The van der Waals surface area contributed by atoms with E-state index in [0.717, 1.165) is 22.5 Å². The third-order valence-corrected chi connectivity index (χ3v) is 4.61. The Kier molecular flexibility index (Phi) is 5.35. The van der Waals surface area contributed by atoms with Crippen LogP contribution in [-0.4, -0.2) is 10.8 Å². The van der Waals surface area contributed by atoms with Crippen molar-refractivity contribution in [2.24, 2.45) is 5.16 Å². The van der Waals surface area contributed by atoms with Crippen molar-refractivity contribution in [1.82, 2.24) is 4.57 Å². The van der Waals surface area contributed by atoms with Crippen LogP contribution >= 0.6 is 22.6 Å². The molecule has 0 atom stereocenters. The van der Waals surface area contributed by atoms with Crippen molar-refractivity contribution in [1.29, 1.82) is 0 Å².